The molecule has 0 radical (unpaired) electrons. The Hall–Kier alpha value is -2.78. The zero-order valence-electron chi connectivity index (χ0n) is 17.8. The number of rotatable bonds is 8. The van der Waals surface area contributed by atoms with Crippen LogP contribution in [0.4, 0.5) is 10.5 Å². The number of hydrogen-bond acceptors (Lipinski definition) is 5. The van der Waals surface area contributed by atoms with E-state index in [1.807, 2.05) is 19.1 Å². The van der Waals surface area contributed by atoms with Crippen molar-refractivity contribution in [1.82, 2.24) is 9.62 Å². The summed E-state index contributed by atoms with van der Waals surface area (Å²) in [4.78, 5) is 14.5. The number of benzene rings is 2. The number of anilines is 1. The minimum absolute atomic E-state index is 0.144. The number of hydrogen-bond donors (Lipinski definition) is 2. The average Bonchev–Trinajstić information content (AvgIpc) is 2.79. The van der Waals surface area contributed by atoms with Gasteiger partial charge in [0.15, 0.2) is 0 Å². The number of carbonyl (C=O) groups excluding carboxylic acids is 1. The maximum Gasteiger partial charge on any atom is 0.321 e. The van der Waals surface area contributed by atoms with E-state index in [4.69, 9.17) is 9.47 Å². The highest BCUT2D eigenvalue weighted by Crippen LogP contribution is 2.26. The van der Waals surface area contributed by atoms with E-state index in [1.54, 1.807) is 42.3 Å². The SMILES string of the molecule is CCOc1ccccc1S(=O)(=O)NCC1CCN(C(=O)Nc2ccccc2OC)CC1. The van der Waals surface area contributed by atoms with E-state index in [-0.39, 0.29) is 16.8 Å². The molecular weight excluding hydrogens is 418 g/mol. The topological polar surface area (TPSA) is 97.0 Å². The Morgan fingerprint density at radius 1 is 1.06 bits per heavy atom. The van der Waals surface area contributed by atoms with E-state index in [1.165, 1.54) is 6.07 Å². The third-order valence-electron chi connectivity index (χ3n) is 5.25. The van der Waals surface area contributed by atoms with Gasteiger partial charge in [-0.15, -0.1) is 0 Å². The molecular formula is C22H29N3O5S. The van der Waals surface area contributed by atoms with Crippen molar-refractivity contribution in [2.24, 2.45) is 5.92 Å². The standard InChI is InChI=1S/C22H29N3O5S/c1-3-30-20-10-6-7-11-21(20)31(27,28)23-16-17-12-14-25(15-13-17)22(26)24-18-8-4-5-9-19(18)29-2/h4-11,17,23H,3,12-16H2,1-2H3,(H,24,26). The van der Waals surface area contributed by atoms with Gasteiger partial charge in [-0.2, -0.15) is 0 Å². The molecule has 1 aliphatic rings. The van der Waals surface area contributed by atoms with Gasteiger partial charge >= 0.3 is 6.03 Å². The molecule has 0 bridgehead atoms. The van der Waals surface area contributed by atoms with Gasteiger partial charge in [0.1, 0.15) is 16.4 Å². The second-order valence-electron chi connectivity index (χ2n) is 7.29. The van der Waals surface area contributed by atoms with Crippen LogP contribution in [0.1, 0.15) is 19.8 Å². The molecule has 2 amide bonds. The van der Waals surface area contributed by atoms with Gasteiger partial charge in [-0.25, -0.2) is 17.9 Å². The second kappa shape index (κ2) is 10.5. The minimum atomic E-state index is -3.67. The number of sulfonamides is 1. The zero-order chi connectivity index (χ0) is 22.3. The summed E-state index contributed by atoms with van der Waals surface area (Å²) in [5.41, 5.74) is 0.623. The number of nitrogens with one attached hydrogen (secondary N) is 2. The quantitative estimate of drug-likeness (QED) is 0.647. The lowest BCUT2D eigenvalue weighted by Gasteiger charge is -2.32. The fourth-order valence-electron chi connectivity index (χ4n) is 3.53. The molecule has 8 nitrogen and oxygen atoms in total. The molecule has 0 atom stereocenters. The monoisotopic (exact) mass is 447 g/mol. The molecule has 9 heteroatoms. The Morgan fingerprint density at radius 3 is 2.39 bits per heavy atom. The zero-order valence-corrected chi connectivity index (χ0v) is 18.7. The Bertz CT molecular complexity index is 988. The van der Waals surface area contributed by atoms with E-state index in [0.717, 1.165) is 12.8 Å². The fourth-order valence-corrected chi connectivity index (χ4v) is 4.79. The first kappa shape index (κ1) is 22.9. The van der Waals surface area contributed by atoms with E-state index in [0.29, 0.717) is 43.4 Å². The number of likely N-dealkylation sites (tertiary alicyclic amines) is 1. The predicted molar refractivity (Wildman–Crippen MR) is 119 cm³/mol. The van der Waals surface area contributed by atoms with Gasteiger partial charge < -0.3 is 19.7 Å². The van der Waals surface area contributed by atoms with Gasteiger partial charge in [0, 0.05) is 19.6 Å². The van der Waals surface area contributed by atoms with Crippen LogP contribution in [-0.2, 0) is 10.0 Å². The molecule has 1 heterocycles. The summed E-state index contributed by atoms with van der Waals surface area (Å²) < 4.78 is 38.9. The fraction of sp³-hybridized carbons (Fsp3) is 0.409. The average molecular weight is 448 g/mol. The molecule has 31 heavy (non-hydrogen) atoms. The van der Waals surface area contributed by atoms with Gasteiger partial charge in [0.25, 0.3) is 0 Å². The minimum Gasteiger partial charge on any atom is -0.495 e. The molecule has 0 aromatic heterocycles. The van der Waals surface area contributed by atoms with Gasteiger partial charge in [-0.3, -0.25) is 0 Å². The van der Waals surface area contributed by atoms with Crippen molar-refractivity contribution in [2.75, 3.05) is 38.7 Å². The van der Waals surface area contributed by atoms with E-state index in [9.17, 15) is 13.2 Å². The summed E-state index contributed by atoms with van der Waals surface area (Å²) in [5.74, 6) is 1.11. The molecule has 2 N–H and O–H groups in total. The lowest BCUT2D eigenvalue weighted by molar-refractivity contribution is 0.183. The molecule has 0 spiro atoms. The third kappa shape index (κ3) is 5.89. The summed E-state index contributed by atoms with van der Waals surface area (Å²) in [7, 11) is -2.11. The Kier molecular flexibility index (Phi) is 7.75. The predicted octanol–water partition coefficient (Wildman–Crippen LogP) is 3.32. The largest absolute Gasteiger partial charge is 0.495 e. The Morgan fingerprint density at radius 2 is 1.71 bits per heavy atom. The highest BCUT2D eigenvalue weighted by atomic mass is 32.2. The van der Waals surface area contributed by atoms with Crippen LogP contribution in [0, 0.1) is 5.92 Å². The van der Waals surface area contributed by atoms with E-state index in [2.05, 4.69) is 10.0 Å². The summed E-state index contributed by atoms with van der Waals surface area (Å²) in [5, 5.41) is 2.88. The van der Waals surface area contributed by atoms with Crippen LogP contribution in [0.3, 0.4) is 0 Å². The lowest BCUT2D eigenvalue weighted by atomic mass is 9.97. The first-order valence-corrected chi connectivity index (χ1v) is 11.8. The molecule has 0 unspecified atom stereocenters. The third-order valence-corrected chi connectivity index (χ3v) is 6.71. The van der Waals surface area contributed by atoms with Crippen molar-refractivity contribution in [3.63, 3.8) is 0 Å². The number of urea groups is 1. The first-order chi connectivity index (χ1) is 14.9. The molecule has 3 rings (SSSR count). The van der Waals surface area contributed by atoms with Crippen LogP contribution in [-0.4, -0.2) is 52.7 Å². The summed E-state index contributed by atoms with van der Waals surface area (Å²) >= 11 is 0. The van der Waals surface area contributed by atoms with Gasteiger partial charge in [-0.1, -0.05) is 24.3 Å². The molecule has 1 aliphatic heterocycles. The van der Waals surface area contributed by atoms with Crippen molar-refractivity contribution in [3.8, 4) is 11.5 Å². The van der Waals surface area contributed by atoms with Crippen molar-refractivity contribution in [2.45, 2.75) is 24.7 Å². The van der Waals surface area contributed by atoms with Crippen LogP contribution in [0.25, 0.3) is 0 Å². The molecule has 1 fully saturated rings. The van der Waals surface area contributed by atoms with Crippen LogP contribution in [0.5, 0.6) is 11.5 Å². The number of nitrogens with zero attached hydrogens (tertiary/aromatic N) is 1. The van der Waals surface area contributed by atoms with Crippen LogP contribution in [0.15, 0.2) is 53.4 Å². The van der Waals surface area contributed by atoms with Crippen molar-refractivity contribution < 1.29 is 22.7 Å². The van der Waals surface area contributed by atoms with Crippen molar-refractivity contribution >= 4 is 21.7 Å². The number of carbonyl (C=O) groups is 1. The number of ether oxygens (including phenoxy) is 2. The summed E-state index contributed by atoms with van der Waals surface area (Å²) in [6, 6.07) is 13.7. The van der Waals surface area contributed by atoms with Gasteiger partial charge in [0.2, 0.25) is 10.0 Å². The van der Waals surface area contributed by atoms with Crippen LogP contribution < -0.4 is 19.5 Å². The number of methoxy groups -OCH3 is 1. The smallest absolute Gasteiger partial charge is 0.321 e. The first-order valence-electron chi connectivity index (χ1n) is 10.3. The molecule has 168 valence electrons. The molecule has 1 saturated heterocycles. The lowest BCUT2D eigenvalue weighted by Crippen LogP contribution is -2.43. The Labute approximate surface area is 183 Å². The molecule has 0 saturated carbocycles. The van der Waals surface area contributed by atoms with Gasteiger partial charge in [0.05, 0.1) is 19.4 Å². The highest BCUT2D eigenvalue weighted by molar-refractivity contribution is 7.89. The molecule has 0 aliphatic carbocycles. The highest BCUT2D eigenvalue weighted by Gasteiger charge is 2.26. The maximum atomic E-state index is 12.7. The molecule has 2 aromatic carbocycles. The van der Waals surface area contributed by atoms with Crippen LogP contribution in [0.2, 0.25) is 0 Å². The van der Waals surface area contributed by atoms with Crippen molar-refractivity contribution in [1.29, 1.82) is 0 Å². The summed E-state index contributed by atoms with van der Waals surface area (Å²) in [6.45, 7) is 3.65. The Balaban J connectivity index is 1.52. The maximum absolute atomic E-state index is 12.7. The van der Waals surface area contributed by atoms with E-state index < -0.39 is 10.0 Å². The van der Waals surface area contributed by atoms with E-state index >= 15 is 0 Å². The van der Waals surface area contributed by atoms with Gasteiger partial charge in [-0.05, 0) is 49.9 Å². The van der Waals surface area contributed by atoms with Crippen LogP contribution >= 0.6 is 0 Å². The normalized spacial score (nSPS) is 14.8. The summed E-state index contributed by atoms with van der Waals surface area (Å²) in [6.07, 6.45) is 1.43. The number of piperidine rings is 1. The number of para-hydroxylation sites is 3. The number of amides is 2. The second-order valence-corrected chi connectivity index (χ2v) is 9.03. The molecule has 2 aromatic rings. The van der Waals surface area contributed by atoms with Crippen molar-refractivity contribution in [3.05, 3.63) is 48.5 Å².